The number of benzene rings is 2. The summed E-state index contributed by atoms with van der Waals surface area (Å²) in [5, 5.41) is 0.917. The minimum Gasteiger partial charge on any atom is -0.464 e. The standard InChI is InChI=1S/C19H15N3O3S2/c1-25-18(24)14-11-20-19(21-14)26-17(12-7-3-2-4-8-12)22-16(23)13-9-5-6-10-15(13)27-22/h2-11,17H,1H3,(H,20,21). The number of methoxy groups -OCH3 is 1. The number of carbonyl (C=O) groups is 1. The summed E-state index contributed by atoms with van der Waals surface area (Å²) < 4.78 is 7.37. The molecule has 2 aromatic heterocycles. The Morgan fingerprint density at radius 3 is 2.67 bits per heavy atom. The minimum atomic E-state index is -0.506. The molecule has 0 radical (unpaired) electrons. The van der Waals surface area contributed by atoms with Crippen LogP contribution < -0.4 is 5.56 Å². The SMILES string of the molecule is COC(=O)c1c[nH]c(SC(c2ccccc2)n2sc3ccccc3c2=O)n1. The number of aromatic amines is 1. The van der Waals surface area contributed by atoms with Crippen molar-refractivity contribution in [1.29, 1.82) is 0 Å². The molecule has 0 aliphatic heterocycles. The molecule has 1 atom stereocenters. The maximum Gasteiger partial charge on any atom is 0.358 e. The first-order valence-electron chi connectivity index (χ1n) is 8.13. The molecule has 1 N–H and O–H groups in total. The average molecular weight is 397 g/mol. The summed E-state index contributed by atoms with van der Waals surface area (Å²) in [5.41, 5.74) is 1.12. The summed E-state index contributed by atoms with van der Waals surface area (Å²) in [6, 6.07) is 17.3. The number of aromatic nitrogens is 3. The number of nitrogens with one attached hydrogen (secondary N) is 1. The number of carbonyl (C=O) groups excluding carboxylic acids is 1. The van der Waals surface area contributed by atoms with Crippen LogP contribution in [0.25, 0.3) is 10.1 Å². The Balaban J connectivity index is 1.78. The van der Waals surface area contributed by atoms with Crippen molar-refractivity contribution in [3.05, 3.63) is 82.4 Å². The lowest BCUT2D eigenvalue weighted by Gasteiger charge is -2.15. The smallest absolute Gasteiger partial charge is 0.358 e. The van der Waals surface area contributed by atoms with Crippen LogP contribution in [0, 0.1) is 0 Å². The van der Waals surface area contributed by atoms with Gasteiger partial charge in [0, 0.05) is 6.20 Å². The van der Waals surface area contributed by atoms with Crippen LogP contribution in [0.15, 0.2) is 70.7 Å². The molecule has 0 amide bonds. The van der Waals surface area contributed by atoms with Gasteiger partial charge in [-0.25, -0.2) is 13.7 Å². The molecule has 4 aromatic rings. The first-order chi connectivity index (χ1) is 13.2. The number of nitrogens with zero attached hydrogens (tertiary/aromatic N) is 2. The van der Waals surface area contributed by atoms with E-state index in [2.05, 4.69) is 9.97 Å². The number of ether oxygens (including phenoxy) is 1. The highest BCUT2D eigenvalue weighted by Gasteiger charge is 2.22. The average Bonchev–Trinajstić information content (AvgIpc) is 3.31. The Hall–Kier alpha value is -2.84. The molecule has 4 rings (SSSR count). The zero-order valence-corrected chi connectivity index (χ0v) is 15.9. The number of esters is 1. The van der Waals surface area contributed by atoms with Crippen LogP contribution in [0.2, 0.25) is 0 Å². The summed E-state index contributed by atoms with van der Waals surface area (Å²) in [4.78, 5) is 31.9. The summed E-state index contributed by atoms with van der Waals surface area (Å²) in [6.07, 6.45) is 1.50. The molecule has 8 heteroatoms. The van der Waals surface area contributed by atoms with Crippen LogP contribution in [-0.2, 0) is 4.74 Å². The molecule has 2 aromatic carbocycles. The lowest BCUT2D eigenvalue weighted by Crippen LogP contribution is -2.18. The van der Waals surface area contributed by atoms with Crippen molar-refractivity contribution in [2.75, 3.05) is 7.11 Å². The lowest BCUT2D eigenvalue weighted by atomic mass is 10.2. The van der Waals surface area contributed by atoms with Gasteiger partial charge >= 0.3 is 5.97 Å². The highest BCUT2D eigenvalue weighted by atomic mass is 32.2. The predicted molar refractivity (Wildman–Crippen MR) is 106 cm³/mol. The first-order valence-corrected chi connectivity index (χ1v) is 9.78. The molecule has 136 valence electrons. The topological polar surface area (TPSA) is 77.0 Å². The Kier molecular flexibility index (Phi) is 4.83. The number of rotatable bonds is 5. The Bertz CT molecular complexity index is 1150. The van der Waals surface area contributed by atoms with Gasteiger partial charge in [0.05, 0.1) is 17.2 Å². The Morgan fingerprint density at radius 1 is 1.19 bits per heavy atom. The largest absolute Gasteiger partial charge is 0.464 e. The van der Waals surface area contributed by atoms with Gasteiger partial charge in [0.1, 0.15) is 5.37 Å². The highest BCUT2D eigenvalue weighted by Crippen LogP contribution is 2.36. The number of imidazole rings is 1. The molecule has 0 aliphatic rings. The molecule has 1 unspecified atom stereocenters. The van der Waals surface area contributed by atoms with Crippen molar-refractivity contribution in [2.24, 2.45) is 0 Å². The van der Waals surface area contributed by atoms with Gasteiger partial charge in [-0.1, -0.05) is 65.8 Å². The highest BCUT2D eigenvalue weighted by molar-refractivity contribution is 7.99. The zero-order valence-electron chi connectivity index (χ0n) is 14.3. The van der Waals surface area contributed by atoms with Crippen molar-refractivity contribution >= 4 is 39.3 Å². The van der Waals surface area contributed by atoms with Crippen LogP contribution >= 0.6 is 23.3 Å². The van der Waals surface area contributed by atoms with Gasteiger partial charge in [-0.15, -0.1) is 0 Å². The second-order valence-corrected chi connectivity index (χ2v) is 7.77. The minimum absolute atomic E-state index is 0.0447. The van der Waals surface area contributed by atoms with Crippen LogP contribution in [-0.4, -0.2) is 27.0 Å². The van der Waals surface area contributed by atoms with Crippen molar-refractivity contribution in [1.82, 2.24) is 13.9 Å². The number of hydrogen-bond donors (Lipinski definition) is 1. The molecule has 6 nitrogen and oxygen atoms in total. The Labute approximate surface area is 163 Å². The molecule has 2 heterocycles. The summed E-state index contributed by atoms with van der Waals surface area (Å²) in [6.45, 7) is 0. The maximum absolute atomic E-state index is 12.9. The summed E-state index contributed by atoms with van der Waals surface area (Å²) in [5.74, 6) is -0.506. The van der Waals surface area contributed by atoms with E-state index >= 15 is 0 Å². The van der Waals surface area contributed by atoms with Crippen LogP contribution in [0.5, 0.6) is 0 Å². The van der Waals surface area contributed by atoms with Gasteiger partial charge in [-0.2, -0.15) is 0 Å². The van der Waals surface area contributed by atoms with E-state index in [-0.39, 0.29) is 16.6 Å². The predicted octanol–water partition coefficient (Wildman–Crippen LogP) is 3.91. The van der Waals surface area contributed by atoms with E-state index in [0.29, 0.717) is 10.5 Å². The number of hydrogen-bond acceptors (Lipinski definition) is 6. The van der Waals surface area contributed by atoms with Gasteiger partial charge in [0.25, 0.3) is 5.56 Å². The monoisotopic (exact) mass is 397 g/mol. The van der Waals surface area contributed by atoms with Gasteiger partial charge in [0.15, 0.2) is 10.9 Å². The van der Waals surface area contributed by atoms with Gasteiger partial charge < -0.3 is 9.72 Å². The lowest BCUT2D eigenvalue weighted by molar-refractivity contribution is 0.0594. The molecule has 0 spiro atoms. The third kappa shape index (κ3) is 3.41. The van der Waals surface area contributed by atoms with Crippen LogP contribution in [0.1, 0.15) is 21.4 Å². The van der Waals surface area contributed by atoms with Gasteiger partial charge in [-0.05, 0) is 17.7 Å². The quantitative estimate of drug-likeness (QED) is 0.408. The van der Waals surface area contributed by atoms with E-state index in [1.807, 2.05) is 54.6 Å². The second kappa shape index (κ2) is 7.42. The van der Waals surface area contributed by atoms with E-state index in [4.69, 9.17) is 4.74 Å². The van der Waals surface area contributed by atoms with E-state index in [1.54, 1.807) is 3.96 Å². The van der Waals surface area contributed by atoms with E-state index in [1.165, 1.54) is 36.6 Å². The molecule has 0 aliphatic carbocycles. The third-order valence-electron chi connectivity index (χ3n) is 3.98. The fourth-order valence-corrected chi connectivity index (χ4v) is 4.93. The first kappa shape index (κ1) is 17.6. The fourth-order valence-electron chi connectivity index (χ4n) is 2.69. The zero-order chi connectivity index (χ0) is 18.8. The molecule has 27 heavy (non-hydrogen) atoms. The number of thioether (sulfide) groups is 1. The third-order valence-corrected chi connectivity index (χ3v) is 6.38. The number of fused-ring (bicyclic) bond motifs is 1. The van der Waals surface area contributed by atoms with Crippen LogP contribution in [0.4, 0.5) is 0 Å². The van der Waals surface area contributed by atoms with Gasteiger partial charge in [-0.3, -0.25) is 4.79 Å². The van der Waals surface area contributed by atoms with Crippen molar-refractivity contribution in [3.8, 4) is 0 Å². The van der Waals surface area contributed by atoms with E-state index in [9.17, 15) is 9.59 Å². The molecule has 0 fully saturated rings. The second-order valence-electron chi connectivity index (χ2n) is 5.68. The van der Waals surface area contributed by atoms with Crippen molar-refractivity contribution < 1.29 is 9.53 Å². The summed E-state index contributed by atoms with van der Waals surface area (Å²) in [7, 11) is 1.31. The summed E-state index contributed by atoms with van der Waals surface area (Å²) >= 11 is 2.79. The van der Waals surface area contributed by atoms with Crippen LogP contribution in [0.3, 0.4) is 0 Å². The molecular weight excluding hydrogens is 382 g/mol. The molecule has 0 saturated heterocycles. The fraction of sp³-hybridized carbons (Fsp3) is 0.105. The van der Waals surface area contributed by atoms with Crippen molar-refractivity contribution in [3.63, 3.8) is 0 Å². The van der Waals surface area contributed by atoms with E-state index < -0.39 is 5.97 Å². The molecule has 0 saturated carbocycles. The van der Waals surface area contributed by atoms with E-state index in [0.717, 1.165) is 10.3 Å². The number of H-pyrrole nitrogens is 1. The van der Waals surface area contributed by atoms with Gasteiger partial charge in [0.2, 0.25) is 0 Å². The normalized spacial score (nSPS) is 12.2. The maximum atomic E-state index is 12.9. The molecular formula is C19H15N3O3S2. The van der Waals surface area contributed by atoms with Crippen molar-refractivity contribution in [2.45, 2.75) is 10.5 Å². The molecule has 0 bridgehead atoms. The Morgan fingerprint density at radius 2 is 1.93 bits per heavy atom.